The summed E-state index contributed by atoms with van der Waals surface area (Å²) >= 11 is 3.38. The number of hydrogen-bond acceptors (Lipinski definition) is 3. The molecule has 1 aromatic heterocycles. The minimum absolute atomic E-state index is 0.0803. The van der Waals surface area contributed by atoms with Gasteiger partial charge in [-0.1, -0.05) is 33.3 Å². The van der Waals surface area contributed by atoms with Gasteiger partial charge in [0.15, 0.2) is 0 Å². The van der Waals surface area contributed by atoms with E-state index in [-0.39, 0.29) is 6.42 Å². The number of nitrogens with zero attached hydrogens (tertiary/aromatic N) is 3. The lowest BCUT2D eigenvalue weighted by atomic mass is 10.2. The highest BCUT2D eigenvalue weighted by atomic mass is 79.9. The van der Waals surface area contributed by atoms with Crippen molar-refractivity contribution in [2.75, 3.05) is 0 Å². The standard InChI is InChI=1S/C12H12BrN3O2/c13-10-3-1-9(2-4-10)7-16-8-11(14-15-16)5-6-12(17)18/h1-4,8H,5-7H2,(H,17,18). The van der Waals surface area contributed by atoms with Gasteiger partial charge in [0.2, 0.25) is 0 Å². The normalized spacial score (nSPS) is 10.5. The number of aliphatic carboxylic acids is 1. The van der Waals surface area contributed by atoms with Crippen molar-refractivity contribution in [1.29, 1.82) is 0 Å². The van der Waals surface area contributed by atoms with E-state index >= 15 is 0 Å². The van der Waals surface area contributed by atoms with E-state index in [1.165, 1.54) is 0 Å². The second-order valence-corrected chi connectivity index (χ2v) is 4.84. The molecular weight excluding hydrogens is 298 g/mol. The van der Waals surface area contributed by atoms with Gasteiger partial charge >= 0.3 is 5.97 Å². The zero-order valence-corrected chi connectivity index (χ0v) is 11.2. The molecule has 1 heterocycles. The Bertz CT molecular complexity index is 537. The molecule has 5 nitrogen and oxygen atoms in total. The average Bonchev–Trinajstić information content (AvgIpc) is 2.77. The average molecular weight is 310 g/mol. The number of hydrogen-bond donors (Lipinski definition) is 1. The first-order valence-electron chi connectivity index (χ1n) is 5.49. The smallest absolute Gasteiger partial charge is 0.303 e. The van der Waals surface area contributed by atoms with Gasteiger partial charge in [-0.05, 0) is 17.7 Å². The van der Waals surface area contributed by atoms with Crippen LogP contribution in [0.5, 0.6) is 0 Å². The lowest BCUT2D eigenvalue weighted by Gasteiger charge is -2.00. The van der Waals surface area contributed by atoms with Gasteiger partial charge in [-0.2, -0.15) is 0 Å². The van der Waals surface area contributed by atoms with Crippen molar-refractivity contribution in [1.82, 2.24) is 15.0 Å². The number of benzene rings is 1. The minimum atomic E-state index is -0.822. The van der Waals surface area contributed by atoms with Crippen LogP contribution in [-0.4, -0.2) is 26.1 Å². The SMILES string of the molecule is O=C(O)CCc1cn(Cc2ccc(Br)cc2)nn1. The van der Waals surface area contributed by atoms with Crippen molar-refractivity contribution >= 4 is 21.9 Å². The van der Waals surface area contributed by atoms with Crippen molar-refractivity contribution in [3.05, 3.63) is 46.2 Å². The Balaban J connectivity index is 1.97. The van der Waals surface area contributed by atoms with Crippen LogP contribution in [-0.2, 0) is 17.8 Å². The van der Waals surface area contributed by atoms with Crippen molar-refractivity contribution < 1.29 is 9.90 Å². The van der Waals surface area contributed by atoms with E-state index in [1.807, 2.05) is 24.3 Å². The first kappa shape index (κ1) is 12.8. The van der Waals surface area contributed by atoms with E-state index in [4.69, 9.17) is 5.11 Å². The molecule has 18 heavy (non-hydrogen) atoms. The molecule has 6 heteroatoms. The Morgan fingerprint density at radius 2 is 2.06 bits per heavy atom. The second-order valence-electron chi connectivity index (χ2n) is 3.93. The van der Waals surface area contributed by atoms with E-state index in [9.17, 15) is 4.79 Å². The zero-order chi connectivity index (χ0) is 13.0. The molecule has 1 N–H and O–H groups in total. The van der Waals surface area contributed by atoms with Gasteiger partial charge < -0.3 is 5.11 Å². The maximum Gasteiger partial charge on any atom is 0.303 e. The molecule has 0 bridgehead atoms. The van der Waals surface area contributed by atoms with Crippen molar-refractivity contribution in [3.8, 4) is 0 Å². The monoisotopic (exact) mass is 309 g/mol. The lowest BCUT2D eigenvalue weighted by molar-refractivity contribution is -0.136. The molecule has 0 saturated heterocycles. The van der Waals surface area contributed by atoms with E-state index in [0.29, 0.717) is 18.7 Å². The highest BCUT2D eigenvalue weighted by Crippen LogP contribution is 2.11. The Morgan fingerprint density at radius 3 is 2.72 bits per heavy atom. The van der Waals surface area contributed by atoms with Gasteiger partial charge in [-0.3, -0.25) is 4.79 Å². The topological polar surface area (TPSA) is 68.0 Å². The van der Waals surface area contributed by atoms with Crippen LogP contribution in [0.25, 0.3) is 0 Å². The van der Waals surface area contributed by atoms with E-state index < -0.39 is 5.97 Å². The highest BCUT2D eigenvalue weighted by molar-refractivity contribution is 9.10. The summed E-state index contributed by atoms with van der Waals surface area (Å²) in [6.45, 7) is 0.632. The van der Waals surface area contributed by atoms with Crippen molar-refractivity contribution in [2.24, 2.45) is 0 Å². The fourth-order valence-electron chi connectivity index (χ4n) is 1.54. The van der Waals surface area contributed by atoms with Gasteiger partial charge in [0.25, 0.3) is 0 Å². The molecule has 0 radical (unpaired) electrons. The molecule has 0 fully saturated rings. The lowest BCUT2D eigenvalue weighted by Crippen LogP contribution is -2.00. The third kappa shape index (κ3) is 3.66. The Hall–Kier alpha value is -1.69. The predicted octanol–water partition coefficient (Wildman–Crippen LogP) is 2.11. The number of aromatic nitrogens is 3. The third-order valence-electron chi connectivity index (χ3n) is 2.44. The molecule has 0 amide bonds. The third-order valence-corrected chi connectivity index (χ3v) is 2.97. The van der Waals surface area contributed by atoms with Crippen molar-refractivity contribution in [3.63, 3.8) is 0 Å². The number of halogens is 1. The quantitative estimate of drug-likeness (QED) is 0.918. The molecule has 0 spiro atoms. The summed E-state index contributed by atoms with van der Waals surface area (Å²) in [7, 11) is 0. The Kier molecular flexibility index (Phi) is 4.09. The Labute approximate surface area is 113 Å². The molecule has 0 saturated carbocycles. The fraction of sp³-hybridized carbons (Fsp3) is 0.250. The van der Waals surface area contributed by atoms with Gasteiger partial charge in [0.1, 0.15) is 0 Å². The van der Waals surface area contributed by atoms with Crippen LogP contribution in [0.1, 0.15) is 17.7 Å². The van der Waals surface area contributed by atoms with Crippen LogP contribution in [0.2, 0.25) is 0 Å². The molecule has 0 atom stereocenters. The zero-order valence-electron chi connectivity index (χ0n) is 9.58. The molecule has 0 aliphatic carbocycles. The summed E-state index contributed by atoms with van der Waals surface area (Å²) in [4.78, 5) is 10.4. The number of carboxylic acid groups (broad SMARTS) is 1. The summed E-state index contributed by atoms with van der Waals surface area (Å²) in [6.07, 6.45) is 2.28. The maximum atomic E-state index is 10.4. The predicted molar refractivity (Wildman–Crippen MR) is 69.2 cm³/mol. The number of aryl methyl sites for hydroxylation is 1. The first-order valence-corrected chi connectivity index (χ1v) is 6.28. The summed E-state index contributed by atoms with van der Waals surface area (Å²) in [5.41, 5.74) is 1.82. The van der Waals surface area contributed by atoms with Gasteiger partial charge in [-0.25, -0.2) is 4.68 Å². The van der Waals surface area contributed by atoms with E-state index in [2.05, 4.69) is 26.2 Å². The van der Waals surface area contributed by atoms with E-state index in [1.54, 1.807) is 10.9 Å². The number of carboxylic acids is 1. The summed E-state index contributed by atoms with van der Waals surface area (Å²) in [6, 6.07) is 7.95. The van der Waals surface area contributed by atoms with Crippen molar-refractivity contribution in [2.45, 2.75) is 19.4 Å². The van der Waals surface area contributed by atoms with Gasteiger partial charge in [0, 0.05) is 17.1 Å². The van der Waals surface area contributed by atoms with Crippen LogP contribution >= 0.6 is 15.9 Å². The number of rotatable bonds is 5. The molecule has 0 unspecified atom stereocenters. The van der Waals surface area contributed by atoms with Crippen LogP contribution in [0.3, 0.4) is 0 Å². The Morgan fingerprint density at radius 1 is 1.33 bits per heavy atom. The fourth-order valence-corrected chi connectivity index (χ4v) is 1.81. The molecule has 2 aromatic rings. The highest BCUT2D eigenvalue weighted by Gasteiger charge is 2.04. The molecule has 2 rings (SSSR count). The van der Waals surface area contributed by atoms with Crippen LogP contribution in [0.15, 0.2) is 34.9 Å². The summed E-state index contributed by atoms with van der Waals surface area (Å²) in [5.74, 6) is -0.822. The second kappa shape index (κ2) is 5.77. The maximum absolute atomic E-state index is 10.4. The van der Waals surface area contributed by atoms with Gasteiger partial charge in [0.05, 0.1) is 18.7 Å². The van der Waals surface area contributed by atoms with E-state index in [0.717, 1.165) is 10.0 Å². The van der Waals surface area contributed by atoms with Crippen LogP contribution in [0, 0.1) is 0 Å². The largest absolute Gasteiger partial charge is 0.481 e. The van der Waals surface area contributed by atoms with Gasteiger partial charge in [-0.15, -0.1) is 5.10 Å². The molecule has 0 aliphatic rings. The van der Waals surface area contributed by atoms with Crippen LogP contribution in [0.4, 0.5) is 0 Å². The molecule has 1 aromatic carbocycles. The number of carbonyl (C=O) groups is 1. The summed E-state index contributed by atoms with van der Waals surface area (Å²) in [5, 5.41) is 16.5. The molecule has 0 aliphatic heterocycles. The van der Waals surface area contributed by atoms with Crippen LogP contribution < -0.4 is 0 Å². The first-order chi connectivity index (χ1) is 8.63. The molecule has 94 valence electrons. The molecular formula is C12H12BrN3O2. The summed E-state index contributed by atoms with van der Waals surface area (Å²) < 4.78 is 2.74. The minimum Gasteiger partial charge on any atom is -0.481 e.